The van der Waals surface area contributed by atoms with Gasteiger partial charge in [0.1, 0.15) is 10.8 Å². The first-order chi connectivity index (χ1) is 13.0. The van der Waals surface area contributed by atoms with Crippen LogP contribution in [0.15, 0.2) is 29.6 Å². The molecule has 0 spiro atoms. The van der Waals surface area contributed by atoms with Crippen LogP contribution < -0.4 is 10.1 Å². The fraction of sp³-hybridized carbons (Fsp3) is 0.609. The van der Waals surface area contributed by atoms with Crippen molar-refractivity contribution >= 4 is 11.3 Å². The fourth-order valence-corrected chi connectivity index (χ4v) is 4.64. The van der Waals surface area contributed by atoms with Crippen molar-refractivity contribution in [1.29, 1.82) is 0 Å². The van der Waals surface area contributed by atoms with Crippen molar-refractivity contribution in [3.63, 3.8) is 0 Å². The average Bonchev–Trinajstić information content (AvgIpc) is 3.11. The summed E-state index contributed by atoms with van der Waals surface area (Å²) >= 11 is 1.72. The number of hydrogen-bond donors (Lipinski definition) is 1. The van der Waals surface area contributed by atoms with Gasteiger partial charge in [-0.1, -0.05) is 39.8 Å². The number of hydrogen-bond acceptors (Lipinski definition) is 4. The molecule has 0 saturated heterocycles. The molecule has 0 bridgehead atoms. The zero-order valence-electron chi connectivity index (χ0n) is 17.3. The van der Waals surface area contributed by atoms with Crippen LogP contribution in [0.3, 0.4) is 0 Å². The molecule has 1 aromatic heterocycles. The van der Waals surface area contributed by atoms with Gasteiger partial charge in [0.2, 0.25) is 0 Å². The summed E-state index contributed by atoms with van der Waals surface area (Å²) in [4.78, 5) is 4.78. The van der Waals surface area contributed by atoms with E-state index in [9.17, 15) is 0 Å². The normalized spacial score (nSPS) is 20.6. The Balaban J connectivity index is 1.58. The van der Waals surface area contributed by atoms with E-state index in [1.807, 2.05) is 0 Å². The van der Waals surface area contributed by atoms with Crippen molar-refractivity contribution < 1.29 is 4.74 Å². The minimum absolute atomic E-state index is 0.350. The lowest BCUT2D eigenvalue weighted by atomic mass is 9.72. The lowest BCUT2D eigenvalue weighted by Crippen LogP contribution is -2.30. The van der Waals surface area contributed by atoms with Crippen LogP contribution in [-0.2, 0) is 6.54 Å². The SMILES string of the molecule is CCCNCc1nc(-c2cccc(O[C@H]3CC[C@H](C(C)(C)C)CC3)c2)cs1. The van der Waals surface area contributed by atoms with Crippen molar-refractivity contribution in [3.05, 3.63) is 34.7 Å². The maximum Gasteiger partial charge on any atom is 0.120 e. The second-order valence-corrected chi connectivity index (χ2v) is 9.73. The van der Waals surface area contributed by atoms with Crippen molar-refractivity contribution in [3.8, 4) is 17.0 Å². The molecule has 0 aliphatic heterocycles. The van der Waals surface area contributed by atoms with E-state index in [2.05, 4.69) is 62.7 Å². The zero-order valence-corrected chi connectivity index (χ0v) is 18.1. The van der Waals surface area contributed by atoms with Crippen molar-refractivity contribution in [2.24, 2.45) is 11.3 Å². The number of nitrogens with one attached hydrogen (secondary N) is 1. The van der Waals surface area contributed by atoms with Gasteiger partial charge in [-0.2, -0.15) is 0 Å². The molecular weight excluding hydrogens is 352 g/mol. The zero-order chi connectivity index (χ0) is 19.3. The Morgan fingerprint density at radius 1 is 1.19 bits per heavy atom. The molecule has 2 aromatic rings. The first-order valence-corrected chi connectivity index (χ1v) is 11.3. The summed E-state index contributed by atoms with van der Waals surface area (Å²) < 4.78 is 6.33. The Morgan fingerprint density at radius 3 is 2.67 bits per heavy atom. The molecule has 0 amide bonds. The van der Waals surface area contributed by atoms with Crippen LogP contribution in [0.2, 0.25) is 0 Å². The Labute approximate surface area is 168 Å². The molecule has 1 fully saturated rings. The first-order valence-electron chi connectivity index (χ1n) is 10.4. The van der Waals surface area contributed by atoms with Crippen LogP contribution >= 0.6 is 11.3 Å². The number of aromatic nitrogens is 1. The standard InChI is InChI=1S/C23H34N2OS/c1-5-13-24-15-22-25-21(16-27-22)17-7-6-8-20(14-17)26-19-11-9-18(10-12-19)23(2,3)4/h6-8,14,16,18-19,24H,5,9-13,15H2,1-4H3/t18-,19-. The molecule has 1 heterocycles. The van der Waals surface area contributed by atoms with Gasteiger partial charge < -0.3 is 10.1 Å². The number of rotatable bonds is 7. The molecule has 1 aliphatic carbocycles. The molecule has 27 heavy (non-hydrogen) atoms. The summed E-state index contributed by atoms with van der Waals surface area (Å²) in [6, 6.07) is 8.44. The highest BCUT2D eigenvalue weighted by atomic mass is 32.1. The Kier molecular flexibility index (Phi) is 6.93. The smallest absolute Gasteiger partial charge is 0.120 e. The van der Waals surface area contributed by atoms with Crippen LogP contribution in [0.4, 0.5) is 0 Å². The molecule has 3 nitrogen and oxygen atoms in total. The van der Waals surface area contributed by atoms with Gasteiger partial charge in [-0.15, -0.1) is 11.3 Å². The van der Waals surface area contributed by atoms with E-state index in [1.54, 1.807) is 11.3 Å². The van der Waals surface area contributed by atoms with Crippen LogP contribution in [-0.4, -0.2) is 17.6 Å². The Morgan fingerprint density at radius 2 is 1.96 bits per heavy atom. The van der Waals surface area contributed by atoms with Gasteiger partial charge in [-0.25, -0.2) is 4.98 Å². The maximum atomic E-state index is 6.33. The van der Waals surface area contributed by atoms with E-state index in [-0.39, 0.29) is 0 Å². The molecule has 1 aliphatic rings. The maximum absolute atomic E-state index is 6.33. The first kappa shape index (κ1) is 20.3. The molecule has 4 heteroatoms. The number of ether oxygens (including phenoxy) is 1. The van der Waals surface area contributed by atoms with Gasteiger partial charge in [0.15, 0.2) is 0 Å². The van der Waals surface area contributed by atoms with E-state index < -0.39 is 0 Å². The van der Waals surface area contributed by atoms with Crippen LogP contribution in [0.25, 0.3) is 11.3 Å². The second kappa shape index (κ2) is 9.20. The molecule has 3 rings (SSSR count). The third kappa shape index (κ3) is 5.79. The molecule has 148 valence electrons. The summed E-state index contributed by atoms with van der Waals surface area (Å²) in [5.41, 5.74) is 2.61. The van der Waals surface area contributed by atoms with Gasteiger partial charge in [-0.05, 0) is 62.1 Å². The quantitative estimate of drug-likeness (QED) is 0.568. The average molecular weight is 387 g/mol. The van der Waals surface area contributed by atoms with Gasteiger partial charge >= 0.3 is 0 Å². The molecular formula is C23H34N2OS. The third-order valence-corrected chi connectivity index (χ3v) is 6.44. The minimum Gasteiger partial charge on any atom is -0.490 e. The molecule has 1 saturated carbocycles. The molecule has 1 aromatic carbocycles. The highest BCUT2D eigenvalue weighted by Crippen LogP contribution is 2.39. The highest BCUT2D eigenvalue weighted by molar-refractivity contribution is 7.09. The van der Waals surface area contributed by atoms with Crippen LogP contribution in [0, 0.1) is 11.3 Å². The second-order valence-electron chi connectivity index (χ2n) is 8.79. The predicted molar refractivity (Wildman–Crippen MR) is 115 cm³/mol. The van der Waals surface area contributed by atoms with Gasteiger partial charge in [0.25, 0.3) is 0 Å². The number of thiazole rings is 1. The van der Waals surface area contributed by atoms with E-state index in [1.165, 1.54) is 12.8 Å². The van der Waals surface area contributed by atoms with E-state index in [4.69, 9.17) is 9.72 Å². The number of nitrogens with zero attached hydrogens (tertiary/aromatic N) is 1. The van der Waals surface area contributed by atoms with Gasteiger partial charge in [0.05, 0.1) is 11.8 Å². The summed E-state index contributed by atoms with van der Waals surface area (Å²) in [6.07, 6.45) is 6.37. The molecule has 0 unspecified atom stereocenters. The highest BCUT2D eigenvalue weighted by Gasteiger charge is 2.30. The van der Waals surface area contributed by atoms with E-state index in [0.717, 1.165) is 60.3 Å². The van der Waals surface area contributed by atoms with E-state index in [0.29, 0.717) is 11.5 Å². The Bertz CT molecular complexity index is 711. The monoisotopic (exact) mass is 386 g/mol. The van der Waals surface area contributed by atoms with Gasteiger partial charge in [-0.3, -0.25) is 0 Å². The van der Waals surface area contributed by atoms with Crippen LogP contribution in [0.1, 0.15) is 64.8 Å². The van der Waals surface area contributed by atoms with E-state index >= 15 is 0 Å². The lowest BCUT2D eigenvalue weighted by Gasteiger charge is -2.37. The minimum atomic E-state index is 0.350. The van der Waals surface area contributed by atoms with Crippen molar-refractivity contribution in [2.45, 2.75) is 72.4 Å². The topological polar surface area (TPSA) is 34.2 Å². The molecule has 0 atom stereocenters. The van der Waals surface area contributed by atoms with Crippen molar-refractivity contribution in [2.75, 3.05) is 6.54 Å². The van der Waals surface area contributed by atoms with Crippen molar-refractivity contribution in [1.82, 2.24) is 10.3 Å². The summed E-state index contributed by atoms with van der Waals surface area (Å²) in [5, 5.41) is 6.71. The summed E-state index contributed by atoms with van der Waals surface area (Å²) in [6.45, 7) is 11.2. The molecule has 1 N–H and O–H groups in total. The lowest BCUT2D eigenvalue weighted by molar-refractivity contribution is 0.0882. The Hall–Kier alpha value is -1.39. The predicted octanol–water partition coefficient (Wildman–Crippen LogP) is 6.29. The third-order valence-electron chi connectivity index (χ3n) is 5.59. The summed E-state index contributed by atoms with van der Waals surface area (Å²) in [5.74, 6) is 1.80. The largest absolute Gasteiger partial charge is 0.490 e. The molecule has 0 radical (unpaired) electrons. The number of benzene rings is 1. The fourth-order valence-electron chi connectivity index (χ4n) is 3.86. The summed E-state index contributed by atoms with van der Waals surface area (Å²) in [7, 11) is 0. The van der Waals surface area contributed by atoms with Gasteiger partial charge in [0, 0.05) is 17.5 Å². The van der Waals surface area contributed by atoms with Crippen LogP contribution in [0.5, 0.6) is 5.75 Å².